The number of hydrogen-bond donors (Lipinski definition) is 0. The van der Waals surface area contributed by atoms with Crippen molar-refractivity contribution in [2.45, 2.75) is 6.67 Å². The van der Waals surface area contributed by atoms with E-state index in [1.54, 1.807) is 0 Å². The molecule has 5 heteroatoms. The van der Waals surface area contributed by atoms with E-state index in [1.807, 2.05) is 22.9 Å². The minimum Gasteiger partial charge on any atom is -0.297 e. The molecule has 2 aromatic carbocycles. The van der Waals surface area contributed by atoms with Crippen LogP contribution in [-0.2, 0) is 6.67 Å². The third-order valence-corrected chi connectivity index (χ3v) is 4.69. The molecular weight excluding hydrogens is 310 g/mol. The van der Waals surface area contributed by atoms with E-state index in [2.05, 4.69) is 68.7 Å². The maximum absolute atomic E-state index is 4.29. The van der Waals surface area contributed by atoms with Gasteiger partial charge in [-0.2, -0.15) is 0 Å². The summed E-state index contributed by atoms with van der Waals surface area (Å²) in [5.41, 5.74) is 3.34. The Bertz CT molecular complexity index is 831. The molecule has 0 unspecified atom stereocenters. The third kappa shape index (κ3) is 3.95. The Labute approximate surface area is 148 Å². The largest absolute Gasteiger partial charge is 0.297 e. The Morgan fingerprint density at radius 1 is 0.840 bits per heavy atom. The highest BCUT2D eigenvalue weighted by atomic mass is 15.5. The lowest BCUT2D eigenvalue weighted by atomic mass is 10.2. The number of rotatable bonds is 5. The molecule has 128 valence electrons. The van der Waals surface area contributed by atoms with E-state index in [4.69, 9.17) is 0 Å². The molecule has 25 heavy (non-hydrogen) atoms. The summed E-state index contributed by atoms with van der Waals surface area (Å²) in [6, 6.07) is 18.6. The Balaban J connectivity index is 1.28. The molecule has 0 spiro atoms. The molecule has 1 aromatic heterocycles. The molecule has 1 saturated heterocycles. The van der Waals surface area contributed by atoms with Crippen molar-refractivity contribution < 1.29 is 0 Å². The van der Waals surface area contributed by atoms with Crippen LogP contribution in [0.15, 0.2) is 60.7 Å². The van der Waals surface area contributed by atoms with E-state index in [-0.39, 0.29) is 0 Å². The fraction of sp³-hybridized carbons (Fsp3) is 0.300. The number of aromatic nitrogens is 3. The number of fused-ring (bicyclic) bond motifs is 1. The van der Waals surface area contributed by atoms with Crippen molar-refractivity contribution in [3.63, 3.8) is 0 Å². The van der Waals surface area contributed by atoms with E-state index < -0.39 is 0 Å². The summed E-state index contributed by atoms with van der Waals surface area (Å²) in [4.78, 5) is 4.94. The summed E-state index contributed by atoms with van der Waals surface area (Å²) in [6.07, 6.45) is 4.46. The normalized spacial score (nSPS) is 16.8. The van der Waals surface area contributed by atoms with E-state index in [1.165, 1.54) is 5.56 Å². The van der Waals surface area contributed by atoms with Crippen LogP contribution in [0, 0.1) is 0 Å². The second kappa shape index (κ2) is 7.59. The zero-order valence-corrected chi connectivity index (χ0v) is 14.3. The van der Waals surface area contributed by atoms with Crippen LogP contribution in [0.5, 0.6) is 0 Å². The van der Waals surface area contributed by atoms with Crippen LogP contribution in [0.4, 0.5) is 0 Å². The maximum Gasteiger partial charge on any atom is 0.113 e. The first-order chi connectivity index (χ1) is 12.4. The van der Waals surface area contributed by atoms with Crippen molar-refractivity contribution in [2.75, 3.05) is 32.7 Å². The minimum atomic E-state index is 0.814. The van der Waals surface area contributed by atoms with Crippen LogP contribution in [0.2, 0.25) is 0 Å². The Kier molecular flexibility index (Phi) is 4.86. The lowest BCUT2D eigenvalue weighted by molar-refractivity contribution is 0.112. The summed E-state index contributed by atoms with van der Waals surface area (Å²) < 4.78 is 2.00. The molecular formula is C20H23N5. The van der Waals surface area contributed by atoms with E-state index in [9.17, 15) is 0 Å². The van der Waals surface area contributed by atoms with Gasteiger partial charge in [0, 0.05) is 32.7 Å². The van der Waals surface area contributed by atoms with Crippen molar-refractivity contribution >= 4 is 17.1 Å². The number of para-hydroxylation sites is 1. The number of piperazine rings is 1. The standard InChI is InChI=1S/C20H23N5/c1-2-7-18(8-3-1)9-6-12-23-13-15-24(16-14-23)17-25-20-11-5-4-10-19(20)21-22-25/h1-11H,12-17H2/b9-6+. The molecule has 0 radical (unpaired) electrons. The first kappa shape index (κ1) is 16.0. The second-order valence-electron chi connectivity index (χ2n) is 6.45. The summed E-state index contributed by atoms with van der Waals surface area (Å²) in [7, 11) is 0. The van der Waals surface area contributed by atoms with E-state index in [0.29, 0.717) is 0 Å². The van der Waals surface area contributed by atoms with Crippen molar-refractivity contribution in [1.82, 2.24) is 24.8 Å². The molecule has 5 nitrogen and oxygen atoms in total. The molecule has 3 aromatic rings. The SMILES string of the molecule is C(=C\c1ccccc1)/CN1CCN(Cn2nnc3ccccc32)CC1. The van der Waals surface area contributed by atoms with Crippen LogP contribution >= 0.6 is 0 Å². The second-order valence-corrected chi connectivity index (χ2v) is 6.45. The minimum absolute atomic E-state index is 0.814. The predicted octanol–water partition coefficient (Wildman–Crippen LogP) is 2.72. The summed E-state index contributed by atoms with van der Waals surface area (Å²) in [6.45, 7) is 6.13. The first-order valence-corrected chi connectivity index (χ1v) is 8.83. The number of benzene rings is 2. The highest BCUT2D eigenvalue weighted by molar-refractivity contribution is 5.73. The van der Waals surface area contributed by atoms with Crippen molar-refractivity contribution in [2.24, 2.45) is 0 Å². The van der Waals surface area contributed by atoms with Gasteiger partial charge in [0.2, 0.25) is 0 Å². The van der Waals surface area contributed by atoms with Crippen LogP contribution in [0.25, 0.3) is 17.1 Å². The van der Waals surface area contributed by atoms with Gasteiger partial charge in [0.05, 0.1) is 12.2 Å². The van der Waals surface area contributed by atoms with Crippen LogP contribution < -0.4 is 0 Å². The smallest absolute Gasteiger partial charge is 0.113 e. The molecule has 2 heterocycles. The third-order valence-electron chi connectivity index (χ3n) is 4.69. The molecule has 4 rings (SSSR count). The van der Waals surface area contributed by atoms with Gasteiger partial charge in [-0.1, -0.05) is 59.8 Å². The van der Waals surface area contributed by atoms with Gasteiger partial charge in [-0.15, -0.1) is 5.10 Å². The molecule has 0 bridgehead atoms. The predicted molar refractivity (Wildman–Crippen MR) is 101 cm³/mol. The van der Waals surface area contributed by atoms with Crippen molar-refractivity contribution in [3.8, 4) is 0 Å². The average molecular weight is 333 g/mol. The molecule has 0 aliphatic carbocycles. The molecule has 1 aliphatic heterocycles. The highest BCUT2D eigenvalue weighted by Gasteiger charge is 2.17. The molecule has 0 amide bonds. The number of nitrogens with zero attached hydrogens (tertiary/aromatic N) is 5. The van der Waals surface area contributed by atoms with Gasteiger partial charge in [-0.25, -0.2) is 4.68 Å². The molecule has 0 N–H and O–H groups in total. The van der Waals surface area contributed by atoms with Crippen molar-refractivity contribution in [1.29, 1.82) is 0 Å². The van der Waals surface area contributed by atoms with Gasteiger partial charge < -0.3 is 0 Å². The molecule has 1 fully saturated rings. The first-order valence-electron chi connectivity index (χ1n) is 8.83. The van der Waals surface area contributed by atoms with Gasteiger partial charge in [-0.05, 0) is 17.7 Å². The lowest BCUT2D eigenvalue weighted by Crippen LogP contribution is -2.46. The van der Waals surface area contributed by atoms with E-state index in [0.717, 1.165) is 50.4 Å². The molecule has 1 aliphatic rings. The fourth-order valence-corrected chi connectivity index (χ4v) is 3.23. The summed E-state index contributed by atoms with van der Waals surface area (Å²) in [5, 5.41) is 8.53. The Morgan fingerprint density at radius 3 is 2.40 bits per heavy atom. The van der Waals surface area contributed by atoms with Crippen LogP contribution in [0.1, 0.15) is 5.56 Å². The van der Waals surface area contributed by atoms with E-state index >= 15 is 0 Å². The molecule has 0 saturated carbocycles. The van der Waals surface area contributed by atoms with Gasteiger partial charge in [0.15, 0.2) is 0 Å². The quantitative estimate of drug-likeness (QED) is 0.719. The monoisotopic (exact) mass is 333 g/mol. The number of hydrogen-bond acceptors (Lipinski definition) is 4. The Hall–Kier alpha value is -2.50. The summed E-state index contributed by atoms with van der Waals surface area (Å²) in [5.74, 6) is 0. The van der Waals surface area contributed by atoms with Crippen LogP contribution in [0.3, 0.4) is 0 Å². The zero-order chi connectivity index (χ0) is 16.9. The van der Waals surface area contributed by atoms with Crippen molar-refractivity contribution in [3.05, 3.63) is 66.2 Å². The highest BCUT2D eigenvalue weighted by Crippen LogP contribution is 2.11. The van der Waals surface area contributed by atoms with Crippen LogP contribution in [-0.4, -0.2) is 57.5 Å². The Morgan fingerprint density at radius 2 is 1.56 bits per heavy atom. The average Bonchev–Trinajstić information content (AvgIpc) is 3.07. The lowest BCUT2D eigenvalue weighted by Gasteiger charge is -2.33. The van der Waals surface area contributed by atoms with Gasteiger partial charge in [0.1, 0.15) is 5.52 Å². The fourth-order valence-electron chi connectivity index (χ4n) is 3.23. The topological polar surface area (TPSA) is 37.2 Å². The van der Waals surface area contributed by atoms with Gasteiger partial charge in [-0.3, -0.25) is 9.80 Å². The maximum atomic E-state index is 4.29. The van der Waals surface area contributed by atoms with Gasteiger partial charge >= 0.3 is 0 Å². The summed E-state index contributed by atoms with van der Waals surface area (Å²) >= 11 is 0. The molecule has 0 atom stereocenters. The van der Waals surface area contributed by atoms with Gasteiger partial charge in [0.25, 0.3) is 0 Å². The zero-order valence-electron chi connectivity index (χ0n) is 14.3.